The van der Waals surface area contributed by atoms with Gasteiger partial charge in [0, 0.05) is 12.3 Å². The van der Waals surface area contributed by atoms with E-state index in [1.165, 1.54) is 0 Å². The maximum atomic E-state index is 12.9. The summed E-state index contributed by atoms with van der Waals surface area (Å²) in [7, 11) is 0. The monoisotopic (exact) mass is 584 g/mol. The molecule has 2 aromatic rings. The average molecular weight is 585 g/mol. The summed E-state index contributed by atoms with van der Waals surface area (Å²) in [5.41, 5.74) is -2.88. The standard InChI is InChI=1S/C30H32O12/c1-27-14-29(36)19-12-30(27,28(19,26(41-27)42-29)15-38-24(35)17-10-6-3-7-11-17)40-25-22(33)21(32)20(31)18(39-25)13-37-23(34)16-8-4-2-5-9-16/h2-11,18-22,25-26,31-33,36H,12-15H2,1H3/t18-,19-,20-,21+,22-,25+,26+,27-,28?,29-,30+/m1/s1. The van der Waals surface area contributed by atoms with Gasteiger partial charge in [-0.2, -0.15) is 0 Å². The fraction of sp³-hybridized carbons (Fsp3) is 0.533. The van der Waals surface area contributed by atoms with Crippen LogP contribution < -0.4 is 0 Å². The zero-order chi connectivity index (χ0) is 29.5. The Bertz CT molecular complexity index is 1370. The first-order valence-electron chi connectivity index (χ1n) is 13.9. The first-order chi connectivity index (χ1) is 20.0. The molecule has 9 rings (SSSR count). The summed E-state index contributed by atoms with van der Waals surface area (Å²) in [5, 5.41) is 43.6. The zero-order valence-electron chi connectivity index (χ0n) is 22.7. The van der Waals surface area contributed by atoms with E-state index >= 15 is 0 Å². The summed E-state index contributed by atoms with van der Waals surface area (Å²) >= 11 is 0. The maximum absolute atomic E-state index is 12.9. The van der Waals surface area contributed by atoms with Crippen LogP contribution in [0.4, 0.5) is 0 Å². The Morgan fingerprint density at radius 3 is 2.14 bits per heavy atom. The molecule has 1 unspecified atom stereocenters. The number of carbonyl (C=O) groups excluding carboxylic acids is 2. The predicted octanol–water partition coefficient (Wildman–Crippen LogP) is 0.507. The summed E-state index contributed by atoms with van der Waals surface area (Å²) in [4.78, 5) is 25.4. The largest absolute Gasteiger partial charge is 0.461 e. The van der Waals surface area contributed by atoms with Crippen LogP contribution in [0.3, 0.4) is 0 Å². The van der Waals surface area contributed by atoms with Crippen LogP contribution in [0.1, 0.15) is 40.5 Å². The number of carbonyl (C=O) groups is 2. The molecule has 4 aliphatic heterocycles. The highest BCUT2D eigenvalue weighted by atomic mass is 16.8. The van der Waals surface area contributed by atoms with Crippen LogP contribution >= 0.6 is 0 Å². The van der Waals surface area contributed by atoms with Gasteiger partial charge in [0.2, 0.25) is 0 Å². The third-order valence-corrected chi connectivity index (χ3v) is 9.78. The molecule has 0 radical (unpaired) electrons. The van der Waals surface area contributed by atoms with Crippen molar-refractivity contribution in [2.24, 2.45) is 11.3 Å². The van der Waals surface area contributed by atoms with Crippen molar-refractivity contribution in [2.45, 2.75) is 73.8 Å². The molecule has 12 heteroatoms. The van der Waals surface area contributed by atoms with Gasteiger partial charge in [0.25, 0.3) is 0 Å². The highest BCUT2D eigenvalue weighted by Gasteiger charge is 2.94. The van der Waals surface area contributed by atoms with Gasteiger partial charge in [-0.15, -0.1) is 0 Å². The van der Waals surface area contributed by atoms with E-state index in [-0.39, 0.29) is 19.4 Å². The number of aliphatic hydroxyl groups is 4. The maximum Gasteiger partial charge on any atom is 0.338 e. The lowest BCUT2D eigenvalue weighted by Gasteiger charge is -2.67. The molecular formula is C30H32O12. The third kappa shape index (κ3) is 3.70. The summed E-state index contributed by atoms with van der Waals surface area (Å²) in [6, 6.07) is 16.7. The lowest BCUT2D eigenvalue weighted by atomic mass is 9.41. The van der Waals surface area contributed by atoms with Crippen molar-refractivity contribution in [3.63, 3.8) is 0 Å². The Morgan fingerprint density at radius 1 is 0.881 bits per heavy atom. The minimum absolute atomic E-state index is 0.0572. The summed E-state index contributed by atoms with van der Waals surface area (Å²) in [6.07, 6.45) is -8.34. The van der Waals surface area contributed by atoms with E-state index in [0.29, 0.717) is 11.1 Å². The summed E-state index contributed by atoms with van der Waals surface area (Å²) < 4.78 is 35.7. The molecule has 4 saturated heterocycles. The highest BCUT2D eigenvalue weighted by molar-refractivity contribution is 5.89. The fourth-order valence-electron chi connectivity index (χ4n) is 7.68. The molecule has 7 aliphatic rings. The van der Waals surface area contributed by atoms with Crippen LogP contribution in [-0.2, 0) is 28.4 Å². The zero-order valence-corrected chi connectivity index (χ0v) is 22.7. The predicted molar refractivity (Wildman–Crippen MR) is 138 cm³/mol. The molecule has 0 spiro atoms. The smallest absolute Gasteiger partial charge is 0.338 e. The topological polar surface area (TPSA) is 170 Å². The van der Waals surface area contributed by atoms with E-state index in [2.05, 4.69) is 0 Å². The van der Waals surface area contributed by atoms with Crippen molar-refractivity contribution in [2.75, 3.05) is 13.2 Å². The molecular weight excluding hydrogens is 552 g/mol. The summed E-state index contributed by atoms with van der Waals surface area (Å²) in [5.74, 6) is -3.25. The molecule has 6 bridgehead atoms. The van der Waals surface area contributed by atoms with Crippen LogP contribution in [0.2, 0.25) is 0 Å². The van der Waals surface area contributed by atoms with Crippen LogP contribution in [0.15, 0.2) is 60.7 Å². The third-order valence-electron chi connectivity index (χ3n) is 9.78. The van der Waals surface area contributed by atoms with Crippen LogP contribution in [0.5, 0.6) is 0 Å². The van der Waals surface area contributed by atoms with Crippen LogP contribution in [0.25, 0.3) is 0 Å². The minimum atomic E-state index is -1.69. The second-order valence-corrected chi connectivity index (χ2v) is 12.0. The Morgan fingerprint density at radius 2 is 1.50 bits per heavy atom. The number of aliphatic hydroxyl groups excluding tert-OH is 3. The van der Waals surface area contributed by atoms with Gasteiger partial charge in [0.15, 0.2) is 18.4 Å². The van der Waals surface area contributed by atoms with Gasteiger partial charge >= 0.3 is 11.9 Å². The average Bonchev–Trinajstić information content (AvgIpc) is 3.18. The number of benzene rings is 2. The first kappa shape index (κ1) is 27.9. The van der Waals surface area contributed by atoms with Crippen molar-refractivity contribution in [1.29, 1.82) is 0 Å². The Kier molecular flexibility index (Phi) is 6.32. The van der Waals surface area contributed by atoms with Crippen LogP contribution in [-0.4, -0.2) is 99.6 Å². The van der Waals surface area contributed by atoms with Crippen molar-refractivity contribution in [3.8, 4) is 0 Å². The van der Waals surface area contributed by atoms with E-state index in [9.17, 15) is 30.0 Å². The molecule has 3 saturated carbocycles. The Balaban J connectivity index is 1.13. The minimum Gasteiger partial charge on any atom is -0.461 e. The van der Waals surface area contributed by atoms with E-state index in [1.54, 1.807) is 67.6 Å². The van der Waals surface area contributed by atoms with Gasteiger partial charge in [0.05, 0.1) is 16.5 Å². The van der Waals surface area contributed by atoms with Crippen molar-refractivity contribution in [3.05, 3.63) is 71.8 Å². The lowest BCUT2D eigenvalue weighted by molar-refractivity contribution is -0.424. The van der Waals surface area contributed by atoms with E-state index < -0.39 is 83.9 Å². The lowest BCUT2D eigenvalue weighted by Crippen LogP contribution is -2.80. The van der Waals surface area contributed by atoms with Gasteiger partial charge in [-0.25, -0.2) is 9.59 Å². The van der Waals surface area contributed by atoms with E-state index in [1.807, 2.05) is 0 Å². The molecule has 12 nitrogen and oxygen atoms in total. The number of hydrogen-bond donors (Lipinski definition) is 4. The normalized spacial score (nSPS) is 44.5. The summed E-state index contributed by atoms with van der Waals surface area (Å²) in [6.45, 7) is 1.12. The second-order valence-electron chi connectivity index (χ2n) is 12.0. The van der Waals surface area contributed by atoms with E-state index in [4.69, 9.17) is 28.4 Å². The molecule has 11 atom stereocenters. The van der Waals surface area contributed by atoms with Crippen LogP contribution in [0, 0.1) is 11.3 Å². The molecule has 224 valence electrons. The number of esters is 2. The Labute approximate surface area is 240 Å². The second kappa shape index (κ2) is 9.53. The van der Waals surface area contributed by atoms with Gasteiger partial charge in [-0.05, 0) is 37.6 Å². The quantitative estimate of drug-likeness (QED) is 0.318. The van der Waals surface area contributed by atoms with Gasteiger partial charge in [-0.3, -0.25) is 0 Å². The molecule has 0 aromatic heterocycles. The number of ether oxygens (including phenoxy) is 6. The molecule has 4 heterocycles. The Hall–Kier alpha value is -2.94. The van der Waals surface area contributed by atoms with Crippen molar-refractivity contribution in [1.82, 2.24) is 0 Å². The first-order valence-corrected chi connectivity index (χ1v) is 13.9. The highest BCUT2D eigenvalue weighted by Crippen LogP contribution is 2.81. The fourth-order valence-corrected chi connectivity index (χ4v) is 7.68. The van der Waals surface area contributed by atoms with Gasteiger partial charge in [0.1, 0.15) is 48.8 Å². The van der Waals surface area contributed by atoms with Gasteiger partial charge in [-0.1, -0.05) is 36.4 Å². The SMILES string of the molecule is C[C@]12C[C@@]3(O)O[C@H](O1)C1(COC(=O)c4ccccc4)[C@H]3C[C@@]12O[C@@H]1O[C@H](COC(=O)c2ccccc2)[C@@H](O)[C@H](O)[C@H]1O. The molecule has 0 amide bonds. The molecule has 2 aromatic carbocycles. The van der Waals surface area contributed by atoms with Crippen molar-refractivity contribution < 1.29 is 58.4 Å². The van der Waals surface area contributed by atoms with Crippen molar-refractivity contribution >= 4 is 11.9 Å². The van der Waals surface area contributed by atoms with E-state index in [0.717, 1.165) is 0 Å². The molecule has 7 fully saturated rings. The molecule has 42 heavy (non-hydrogen) atoms. The van der Waals surface area contributed by atoms with Gasteiger partial charge < -0.3 is 48.8 Å². The number of rotatable bonds is 8. The molecule has 4 N–H and O–H groups in total. The molecule has 3 aliphatic carbocycles. The number of hydrogen-bond acceptors (Lipinski definition) is 12.